The second-order valence-electron chi connectivity index (χ2n) is 7.05. The van der Waals surface area contributed by atoms with E-state index in [0.29, 0.717) is 5.92 Å². The number of halogens is 1. The molecule has 1 saturated carbocycles. The molecule has 1 aliphatic heterocycles. The van der Waals surface area contributed by atoms with E-state index in [1.165, 1.54) is 4.31 Å². The third-order valence-corrected chi connectivity index (χ3v) is 6.83. The lowest BCUT2D eigenvalue weighted by atomic mass is 10.1. The van der Waals surface area contributed by atoms with Gasteiger partial charge in [0.2, 0.25) is 10.0 Å². The number of rotatable bonds is 7. The second-order valence-corrected chi connectivity index (χ2v) is 8.95. The van der Waals surface area contributed by atoms with Crippen molar-refractivity contribution in [1.82, 2.24) is 4.31 Å². The van der Waals surface area contributed by atoms with Crippen LogP contribution in [0.25, 0.3) is 0 Å². The summed E-state index contributed by atoms with van der Waals surface area (Å²) in [5.74, 6) is -1.87. The predicted molar refractivity (Wildman–Crippen MR) is 93.0 cm³/mol. The van der Waals surface area contributed by atoms with Crippen molar-refractivity contribution in [3.05, 3.63) is 29.6 Å². The van der Waals surface area contributed by atoms with Gasteiger partial charge in [-0.1, -0.05) is 19.8 Å². The Morgan fingerprint density at radius 1 is 1.35 bits per heavy atom. The molecule has 0 radical (unpaired) electrons. The summed E-state index contributed by atoms with van der Waals surface area (Å²) in [6.07, 6.45) is 4.31. The quantitative estimate of drug-likeness (QED) is 0.780. The first-order chi connectivity index (χ1) is 12.3. The van der Waals surface area contributed by atoms with Gasteiger partial charge in [-0.15, -0.1) is 0 Å². The van der Waals surface area contributed by atoms with Crippen LogP contribution in [0.3, 0.4) is 0 Å². The number of hydrogen-bond donors (Lipinski definition) is 1. The summed E-state index contributed by atoms with van der Waals surface area (Å²) >= 11 is 0. The van der Waals surface area contributed by atoms with Gasteiger partial charge in [-0.2, -0.15) is 4.31 Å². The van der Waals surface area contributed by atoms with Gasteiger partial charge in [0.25, 0.3) is 0 Å². The van der Waals surface area contributed by atoms with Gasteiger partial charge < -0.3 is 9.84 Å². The minimum absolute atomic E-state index is 0.169. The van der Waals surface area contributed by atoms with Crippen LogP contribution in [0.5, 0.6) is 0 Å². The van der Waals surface area contributed by atoms with E-state index in [-0.39, 0.29) is 30.9 Å². The molecule has 8 heteroatoms. The molecular weight excluding hydrogens is 361 g/mol. The number of unbranched alkanes of at least 4 members (excludes halogenated alkanes) is 1. The lowest BCUT2D eigenvalue weighted by Crippen LogP contribution is -2.50. The van der Waals surface area contributed by atoms with Gasteiger partial charge >= 0.3 is 5.97 Å². The molecule has 3 rings (SSSR count). The number of sulfonamides is 1. The molecule has 1 heterocycles. The Bertz CT molecular complexity index is 778. The predicted octanol–water partition coefficient (Wildman–Crippen LogP) is 2.88. The highest BCUT2D eigenvalue weighted by atomic mass is 32.2. The molecule has 144 valence electrons. The first-order valence-corrected chi connectivity index (χ1v) is 10.5. The molecule has 1 aliphatic carbocycles. The number of ether oxygens (including phenoxy) is 1. The molecule has 0 amide bonds. The van der Waals surface area contributed by atoms with Crippen molar-refractivity contribution in [3.63, 3.8) is 0 Å². The summed E-state index contributed by atoms with van der Waals surface area (Å²) in [6, 6.07) is 2.85. The van der Waals surface area contributed by atoms with E-state index in [1.807, 2.05) is 0 Å². The first-order valence-electron chi connectivity index (χ1n) is 9.01. The fourth-order valence-electron chi connectivity index (χ4n) is 3.32. The fraction of sp³-hybridized carbons (Fsp3) is 0.611. The van der Waals surface area contributed by atoms with Gasteiger partial charge in [0.1, 0.15) is 10.7 Å². The molecule has 2 atom stereocenters. The molecule has 2 aliphatic rings. The highest BCUT2D eigenvalue weighted by molar-refractivity contribution is 7.89. The van der Waals surface area contributed by atoms with Gasteiger partial charge in [0.15, 0.2) is 0 Å². The van der Waals surface area contributed by atoms with Crippen molar-refractivity contribution in [2.45, 2.75) is 56.1 Å². The Labute approximate surface area is 153 Å². The van der Waals surface area contributed by atoms with Crippen molar-refractivity contribution in [1.29, 1.82) is 0 Å². The van der Waals surface area contributed by atoms with E-state index >= 15 is 0 Å². The molecule has 0 spiro atoms. The van der Waals surface area contributed by atoms with Gasteiger partial charge in [-0.05, 0) is 43.4 Å². The van der Waals surface area contributed by atoms with Crippen molar-refractivity contribution >= 4 is 16.0 Å². The average Bonchev–Trinajstić information content (AvgIpc) is 3.44. The smallest absolute Gasteiger partial charge is 0.335 e. The first kappa shape index (κ1) is 19.3. The molecule has 1 aromatic rings. The van der Waals surface area contributed by atoms with E-state index in [4.69, 9.17) is 9.84 Å². The largest absolute Gasteiger partial charge is 0.478 e. The zero-order valence-corrected chi connectivity index (χ0v) is 15.5. The summed E-state index contributed by atoms with van der Waals surface area (Å²) in [5.41, 5.74) is -0.250. The minimum Gasteiger partial charge on any atom is -0.478 e. The maximum atomic E-state index is 14.2. The highest BCUT2D eigenvalue weighted by Crippen LogP contribution is 2.38. The van der Waals surface area contributed by atoms with Gasteiger partial charge in [-0.3, -0.25) is 0 Å². The van der Waals surface area contributed by atoms with Crippen molar-refractivity contribution in [2.24, 2.45) is 5.92 Å². The zero-order valence-electron chi connectivity index (χ0n) is 14.7. The van der Waals surface area contributed by atoms with Crippen LogP contribution in [0.15, 0.2) is 23.1 Å². The fourth-order valence-corrected chi connectivity index (χ4v) is 4.90. The maximum Gasteiger partial charge on any atom is 0.335 e. The van der Waals surface area contributed by atoms with Crippen molar-refractivity contribution in [2.75, 3.05) is 13.1 Å². The Kier molecular flexibility index (Phi) is 5.64. The van der Waals surface area contributed by atoms with Crippen molar-refractivity contribution in [3.8, 4) is 0 Å². The van der Waals surface area contributed by atoms with Crippen LogP contribution in [0.1, 0.15) is 49.4 Å². The monoisotopic (exact) mass is 385 g/mol. The van der Waals surface area contributed by atoms with Crippen LogP contribution in [0, 0.1) is 11.7 Å². The summed E-state index contributed by atoms with van der Waals surface area (Å²) < 4.78 is 47.6. The second kappa shape index (κ2) is 7.62. The van der Waals surface area contributed by atoms with E-state index in [2.05, 4.69) is 6.92 Å². The van der Waals surface area contributed by atoms with E-state index in [0.717, 1.165) is 50.3 Å². The topological polar surface area (TPSA) is 83.9 Å². The molecular formula is C18H24FNO5S. The number of carbonyl (C=O) groups is 1. The Morgan fingerprint density at radius 3 is 2.69 bits per heavy atom. The summed E-state index contributed by atoms with van der Waals surface area (Å²) in [7, 11) is -4.13. The van der Waals surface area contributed by atoms with Crippen LogP contribution in [-0.2, 0) is 14.8 Å². The number of carboxylic acid groups (broad SMARTS) is 1. The van der Waals surface area contributed by atoms with E-state index in [9.17, 15) is 17.6 Å². The van der Waals surface area contributed by atoms with Gasteiger partial charge in [-0.25, -0.2) is 17.6 Å². The number of nitrogens with zero attached hydrogens (tertiary/aromatic N) is 1. The van der Waals surface area contributed by atoms with Gasteiger partial charge in [0, 0.05) is 13.1 Å². The zero-order chi connectivity index (χ0) is 18.9. The van der Waals surface area contributed by atoms with Crippen LogP contribution >= 0.6 is 0 Å². The lowest BCUT2D eigenvalue weighted by molar-refractivity contribution is -0.0761. The van der Waals surface area contributed by atoms with Crippen LogP contribution in [-0.4, -0.2) is 49.1 Å². The summed E-state index contributed by atoms with van der Waals surface area (Å²) in [4.78, 5) is 10.6. The highest BCUT2D eigenvalue weighted by Gasteiger charge is 2.42. The minimum atomic E-state index is -4.13. The normalized spacial score (nSPS) is 24.5. The van der Waals surface area contributed by atoms with Crippen molar-refractivity contribution < 1.29 is 27.4 Å². The SMILES string of the molecule is CCCC[C@@H]1CN(S(=O)(=O)c2cc(C(=O)O)ccc2F)C[C@H](C2CC2)O1. The summed E-state index contributed by atoms with van der Waals surface area (Å²) in [6.45, 7) is 2.41. The molecule has 0 bridgehead atoms. The lowest BCUT2D eigenvalue weighted by Gasteiger charge is -2.37. The van der Waals surface area contributed by atoms with Crippen LogP contribution in [0.4, 0.5) is 4.39 Å². The summed E-state index contributed by atoms with van der Waals surface area (Å²) in [5, 5.41) is 9.09. The number of benzene rings is 1. The molecule has 26 heavy (non-hydrogen) atoms. The molecule has 6 nitrogen and oxygen atoms in total. The Balaban J connectivity index is 1.89. The van der Waals surface area contributed by atoms with E-state index < -0.39 is 26.7 Å². The average molecular weight is 385 g/mol. The standard InChI is InChI=1S/C18H24FNO5S/c1-2-3-4-14-10-20(11-16(25-14)12-5-6-12)26(23,24)17-9-13(18(21)22)7-8-15(17)19/h7-9,12,14,16H,2-6,10-11H2,1H3,(H,21,22)/t14-,16-/m1/s1. The molecule has 0 aromatic heterocycles. The Morgan fingerprint density at radius 2 is 2.08 bits per heavy atom. The molecule has 1 aromatic carbocycles. The third-order valence-electron chi connectivity index (χ3n) is 4.98. The molecule has 1 N–H and O–H groups in total. The third kappa shape index (κ3) is 4.07. The number of carboxylic acids is 1. The number of aromatic carboxylic acids is 1. The maximum absolute atomic E-state index is 14.2. The molecule has 0 unspecified atom stereocenters. The Hall–Kier alpha value is -1.51. The molecule has 1 saturated heterocycles. The number of hydrogen-bond acceptors (Lipinski definition) is 4. The van der Waals surface area contributed by atoms with Crippen LogP contribution < -0.4 is 0 Å². The molecule has 2 fully saturated rings. The number of morpholine rings is 1. The van der Waals surface area contributed by atoms with E-state index in [1.54, 1.807) is 0 Å². The van der Waals surface area contributed by atoms with Gasteiger partial charge in [0.05, 0.1) is 17.8 Å². The van der Waals surface area contributed by atoms with Crippen LogP contribution in [0.2, 0.25) is 0 Å².